The Kier molecular flexibility index (Phi) is 9.12. The molecule has 1 fully saturated rings. The third-order valence-corrected chi connectivity index (χ3v) is 6.76. The van der Waals surface area contributed by atoms with Crippen LogP contribution in [0, 0.1) is 17.6 Å². The van der Waals surface area contributed by atoms with Crippen LogP contribution in [0.3, 0.4) is 0 Å². The van der Waals surface area contributed by atoms with Crippen LogP contribution in [-0.4, -0.2) is 0 Å². The molecule has 0 aliphatic heterocycles. The molecule has 1 aliphatic carbocycles. The van der Waals surface area contributed by atoms with E-state index in [1.165, 1.54) is 82.3 Å². The average molecular weight is 427 g/mol. The molecule has 3 rings (SSSR count). The van der Waals surface area contributed by atoms with Gasteiger partial charge in [-0.15, -0.1) is 0 Å². The van der Waals surface area contributed by atoms with E-state index in [-0.39, 0.29) is 11.3 Å². The van der Waals surface area contributed by atoms with Crippen molar-refractivity contribution in [2.75, 3.05) is 0 Å². The lowest BCUT2D eigenvalue weighted by Gasteiger charge is -2.29. The minimum absolute atomic E-state index is 0.148. The molecule has 168 valence electrons. The van der Waals surface area contributed by atoms with Gasteiger partial charge < -0.3 is 4.74 Å². The molecule has 0 amide bonds. The smallest absolute Gasteiger partial charge is 0.201 e. The molecule has 0 bridgehead atoms. The Hall–Kier alpha value is -2.16. The second-order valence-corrected chi connectivity index (χ2v) is 8.92. The Morgan fingerprint density at radius 1 is 0.871 bits per heavy atom. The lowest BCUT2D eigenvalue weighted by molar-refractivity contribution is 0.302. The summed E-state index contributed by atoms with van der Waals surface area (Å²) in [5.41, 5.74) is 2.25. The first-order valence-corrected chi connectivity index (χ1v) is 12.0. The fourth-order valence-corrected chi connectivity index (χ4v) is 4.87. The first-order valence-electron chi connectivity index (χ1n) is 12.0. The van der Waals surface area contributed by atoms with Gasteiger partial charge in [0.1, 0.15) is 0 Å². The van der Waals surface area contributed by atoms with Gasteiger partial charge in [0.05, 0.1) is 6.26 Å². The summed E-state index contributed by atoms with van der Waals surface area (Å²) in [5, 5.41) is 0. The van der Waals surface area contributed by atoms with Gasteiger partial charge in [-0.1, -0.05) is 82.7 Å². The van der Waals surface area contributed by atoms with Crippen LogP contribution in [-0.2, 0) is 0 Å². The Morgan fingerprint density at radius 2 is 1.55 bits per heavy atom. The average Bonchev–Trinajstić information content (AvgIpc) is 2.80. The molecular weight excluding hydrogens is 390 g/mol. The highest BCUT2D eigenvalue weighted by atomic mass is 19.2. The number of halogens is 2. The maximum absolute atomic E-state index is 14.5. The Morgan fingerprint density at radius 3 is 2.23 bits per heavy atom. The summed E-state index contributed by atoms with van der Waals surface area (Å²) in [4.78, 5) is 0. The van der Waals surface area contributed by atoms with Crippen LogP contribution < -0.4 is 4.74 Å². The highest BCUT2D eigenvalue weighted by molar-refractivity contribution is 5.65. The normalized spacial score (nSPS) is 18.7. The van der Waals surface area contributed by atoms with Gasteiger partial charge in [0.2, 0.25) is 5.82 Å². The van der Waals surface area contributed by atoms with Crippen molar-refractivity contribution in [2.45, 2.75) is 83.5 Å². The summed E-state index contributed by atoms with van der Waals surface area (Å²) in [7, 11) is 0. The molecule has 1 aliphatic rings. The zero-order valence-corrected chi connectivity index (χ0v) is 18.8. The molecule has 3 heteroatoms. The standard InChI is InChI=1S/C28H36F2O/c1-3-5-6-7-8-9-10-21-11-13-22(14-12-21)23-15-17-24(18-16-23)25-19-20-26(31-4-2)28(30)27(25)29/h4,15-22H,2-3,5-14H2,1H3. The van der Waals surface area contributed by atoms with E-state index in [2.05, 4.69) is 25.6 Å². The fraction of sp³-hybridized carbons (Fsp3) is 0.500. The highest BCUT2D eigenvalue weighted by Gasteiger charge is 2.22. The second-order valence-electron chi connectivity index (χ2n) is 8.92. The molecule has 2 aromatic carbocycles. The molecule has 1 nitrogen and oxygen atoms in total. The first kappa shape index (κ1) is 23.5. The van der Waals surface area contributed by atoms with E-state index < -0.39 is 11.6 Å². The number of benzene rings is 2. The summed E-state index contributed by atoms with van der Waals surface area (Å²) >= 11 is 0. The molecule has 0 aromatic heterocycles. The third kappa shape index (κ3) is 6.41. The predicted molar refractivity (Wildman–Crippen MR) is 125 cm³/mol. The molecule has 0 unspecified atom stereocenters. The van der Waals surface area contributed by atoms with Crippen LogP contribution in [0.5, 0.6) is 5.75 Å². The summed E-state index contributed by atoms with van der Waals surface area (Å²) < 4.78 is 33.5. The van der Waals surface area contributed by atoms with E-state index in [4.69, 9.17) is 4.74 Å². The number of hydrogen-bond acceptors (Lipinski definition) is 1. The first-order chi connectivity index (χ1) is 15.1. The molecule has 0 saturated heterocycles. The lowest BCUT2D eigenvalue weighted by atomic mass is 9.77. The predicted octanol–water partition coefficient (Wildman–Crippen LogP) is 9.18. The highest BCUT2D eigenvalue weighted by Crippen LogP contribution is 2.38. The van der Waals surface area contributed by atoms with Crippen LogP contribution in [0.15, 0.2) is 49.2 Å². The Labute approximate surface area is 186 Å². The molecule has 0 atom stereocenters. The number of hydrogen-bond donors (Lipinski definition) is 0. The Balaban J connectivity index is 1.51. The van der Waals surface area contributed by atoms with Crippen molar-refractivity contribution in [1.82, 2.24) is 0 Å². The minimum Gasteiger partial charge on any atom is -0.462 e. The van der Waals surface area contributed by atoms with Crippen LogP contribution in [0.1, 0.15) is 89.0 Å². The van der Waals surface area contributed by atoms with Gasteiger partial charge in [0, 0.05) is 5.56 Å². The van der Waals surface area contributed by atoms with Crippen LogP contribution >= 0.6 is 0 Å². The topological polar surface area (TPSA) is 9.23 Å². The van der Waals surface area contributed by atoms with Gasteiger partial charge >= 0.3 is 0 Å². The van der Waals surface area contributed by atoms with Crippen LogP contribution in [0.25, 0.3) is 11.1 Å². The van der Waals surface area contributed by atoms with E-state index in [0.29, 0.717) is 11.5 Å². The van der Waals surface area contributed by atoms with Gasteiger partial charge in [-0.05, 0) is 60.8 Å². The molecule has 31 heavy (non-hydrogen) atoms. The van der Waals surface area contributed by atoms with Crippen molar-refractivity contribution in [3.63, 3.8) is 0 Å². The van der Waals surface area contributed by atoms with Crippen molar-refractivity contribution in [1.29, 1.82) is 0 Å². The van der Waals surface area contributed by atoms with Crippen molar-refractivity contribution < 1.29 is 13.5 Å². The van der Waals surface area contributed by atoms with Gasteiger partial charge in [-0.25, -0.2) is 4.39 Å². The molecular formula is C28H36F2O. The molecule has 0 N–H and O–H groups in total. The van der Waals surface area contributed by atoms with E-state index >= 15 is 0 Å². The maximum Gasteiger partial charge on any atom is 0.201 e. The quantitative estimate of drug-likeness (QED) is 0.257. The van der Waals surface area contributed by atoms with Gasteiger partial charge in [-0.2, -0.15) is 4.39 Å². The molecule has 2 aromatic rings. The summed E-state index contributed by atoms with van der Waals surface area (Å²) in [5.74, 6) is -0.548. The monoisotopic (exact) mass is 426 g/mol. The third-order valence-electron chi connectivity index (χ3n) is 6.76. The van der Waals surface area contributed by atoms with Crippen molar-refractivity contribution in [3.8, 4) is 16.9 Å². The SMILES string of the molecule is C=COc1ccc(-c2ccc(C3CCC(CCCCCCCC)CC3)cc2)c(F)c1F. The lowest BCUT2D eigenvalue weighted by Crippen LogP contribution is -2.13. The van der Waals surface area contributed by atoms with E-state index in [1.807, 2.05) is 12.1 Å². The van der Waals surface area contributed by atoms with Gasteiger partial charge in [-0.3, -0.25) is 0 Å². The largest absolute Gasteiger partial charge is 0.462 e. The number of unbranched alkanes of at least 4 members (excludes halogenated alkanes) is 5. The Bertz CT molecular complexity index is 820. The molecule has 0 radical (unpaired) electrons. The zero-order chi connectivity index (χ0) is 22.1. The van der Waals surface area contributed by atoms with Crippen LogP contribution in [0.4, 0.5) is 8.78 Å². The summed E-state index contributed by atoms with van der Waals surface area (Å²) in [6.07, 6.45) is 15.8. The van der Waals surface area contributed by atoms with Crippen molar-refractivity contribution >= 4 is 0 Å². The summed E-state index contributed by atoms with van der Waals surface area (Å²) in [6, 6.07) is 11.0. The number of ether oxygens (including phenoxy) is 1. The molecule has 1 saturated carbocycles. The van der Waals surface area contributed by atoms with Crippen molar-refractivity contribution in [2.24, 2.45) is 5.92 Å². The second kappa shape index (κ2) is 12.0. The van der Waals surface area contributed by atoms with E-state index in [9.17, 15) is 8.78 Å². The molecule has 0 heterocycles. The maximum atomic E-state index is 14.5. The van der Waals surface area contributed by atoms with E-state index in [0.717, 1.165) is 12.2 Å². The summed E-state index contributed by atoms with van der Waals surface area (Å²) in [6.45, 7) is 5.65. The van der Waals surface area contributed by atoms with Gasteiger partial charge in [0.25, 0.3) is 0 Å². The minimum atomic E-state index is -0.981. The van der Waals surface area contributed by atoms with Crippen LogP contribution in [0.2, 0.25) is 0 Å². The fourth-order valence-electron chi connectivity index (χ4n) is 4.87. The zero-order valence-electron chi connectivity index (χ0n) is 18.8. The van der Waals surface area contributed by atoms with Gasteiger partial charge in [0.15, 0.2) is 11.6 Å². The van der Waals surface area contributed by atoms with Crippen molar-refractivity contribution in [3.05, 3.63) is 66.4 Å². The number of rotatable bonds is 11. The van der Waals surface area contributed by atoms with E-state index in [1.54, 1.807) is 6.07 Å². The molecule has 0 spiro atoms.